The van der Waals surface area contributed by atoms with Gasteiger partial charge in [0.2, 0.25) is 0 Å². The van der Waals surface area contributed by atoms with E-state index in [4.69, 9.17) is 4.74 Å². The molecule has 164 valence electrons. The van der Waals surface area contributed by atoms with Crippen molar-refractivity contribution in [1.82, 2.24) is 9.55 Å². The third-order valence-electron chi connectivity index (χ3n) is 5.28. The third-order valence-corrected chi connectivity index (χ3v) is 5.28. The second-order valence-corrected chi connectivity index (χ2v) is 7.99. The molecule has 0 bridgehead atoms. The molecule has 0 atom stereocenters. The summed E-state index contributed by atoms with van der Waals surface area (Å²) in [5.41, 5.74) is 2.64. The molecular weight excluding hydrogens is 395 g/mol. The molecule has 0 aliphatic heterocycles. The third kappa shape index (κ3) is 6.25. The van der Waals surface area contributed by atoms with E-state index in [9.17, 15) is 14.0 Å². The molecule has 31 heavy (non-hydrogen) atoms. The lowest BCUT2D eigenvalue weighted by Crippen LogP contribution is -2.36. The lowest BCUT2D eigenvalue weighted by molar-refractivity contribution is 0.0690. The number of nitrogens with zero attached hydrogens (tertiary/aromatic N) is 1. The monoisotopic (exact) mass is 424 g/mol. The second kappa shape index (κ2) is 10.9. The van der Waals surface area contributed by atoms with E-state index in [0.717, 1.165) is 30.4 Å². The standard InChI is InChI=1S/C25H29FN2O3/c1-18(2)23-22(16-20-9-4-3-5-10-20)28(25(30)27-24(23)29)17-31-15-7-6-8-19-11-13-21(26)14-12-19/h3-5,9-14,18H,6-8,15-17H2,1-2H3,(H,27,29,30). The molecule has 0 radical (unpaired) electrons. The van der Waals surface area contributed by atoms with Crippen molar-refractivity contribution in [2.75, 3.05) is 6.61 Å². The number of hydrogen-bond acceptors (Lipinski definition) is 3. The Kier molecular flexibility index (Phi) is 7.95. The van der Waals surface area contributed by atoms with Crippen molar-refractivity contribution >= 4 is 0 Å². The minimum atomic E-state index is -0.452. The number of aromatic amines is 1. The van der Waals surface area contributed by atoms with E-state index in [1.165, 1.54) is 16.7 Å². The highest BCUT2D eigenvalue weighted by Crippen LogP contribution is 2.18. The van der Waals surface area contributed by atoms with Gasteiger partial charge in [0.05, 0.1) is 0 Å². The number of H-pyrrole nitrogens is 1. The molecule has 0 unspecified atom stereocenters. The van der Waals surface area contributed by atoms with Crippen molar-refractivity contribution in [3.63, 3.8) is 0 Å². The fourth-order valence-corrected chi connectivity index (χ4v) is 3.68. The zero-order chi connectivity index (χ0) is 22.2. The molecule has 0 aliphatic rings. The fraction of sp³-hybridized carbons (Fsp3) is 0.360. The Morgan fingerprint density at radius 1 is 0.968 bits per heavy atom. The van der Waals surface area contributed by atoms with Gasteiger partial charge in [0.25, 0.3) is 5.56 Å². The summed E-state index contributed by atoms with van der Waals surface area (Å²) in [7, 11) is 0. The lowest BCUT2D eigenvalue weighted by Gasteiger charge is -2.18. The van der Waals surface area contributed by atoms with Crippen molar-refractivity contribution in [1.29, 1.82) is 0 Å². The van der Waals surface area contributed by atoms with Gasteiger partial charge in [0, 0.05) is 24.3 Å². The van der Waals surface area contributed by atoms with Gasteiger partial charge in [-0.2, -0.15) is 0 Å². The van der Waals surface area contributed by atoms with Gasteiger partial charge >= 0.3 is 5.69 Å². The molecule has 3 aromatic rings. The number of halogens is 1. The molecule has 5 nitrogen and oxygen atoms in total. The number of nitrogens with one attached hydrogen (secondary N) is 1. The average Bonchev–Trinajstić information content (AvgIpc) is 2.74. The summed E-state index contributed by atoms with van der Waals surface area (Å²) in [5, 5.41) is 0. The Labute approximate surface area is 181 Å². The first-order chi connectivity index (χ1) is 15.0. The van der Waals surface area contributed by atoms with E-state index < -0.39 is 5.69 Å². The van der Waals surface area contributed by atoms with Crippen LogP contribution < -0.4 is 11.2 Å². The first-order valence-electron chi connectivity index (χ1n) is 10.7. The predicted molar refractivity (Wildman–Crippen MR) is 120 cm³/mol. The topological polar surface area (TPSA) is 64.1 Å². The summed E-state index contributed by atoms with van der Waals surface area (Å²) in [5.74, 6) is -0.254. The molecule has 0 saturated heterocycles. The maximum Gasteiger partial charge on any atom is 0.330 e. The van der Waals surface area contributed by atoms with Crippen LogP contribution >= 0.6 is 0 Å². The number of ether oxygens (including phenoxy) is 1. The molecule has 1 heterocycles. The first kappa shape index (κ1) is 22.7. The van der Waals surface area contributed by atoms with Crippen molar-refractivity contribution in [2.24, 2.45) is 0 Å². The number of benzene rings is 2. The van der Waals surface area contributed by atoms with Crippen molar-refractivity contribution in [3.8, 4) is 0 Å². The van der Waals surface area contributed by atoms with Crippen LogP contribution in [0.2, 0.25) is 0 Å². The minimum absolute atomic E-state index is 0.0231. The molecule has 0 saturated carbocycles. The van der Waals surface area contributed by atoms with Crippen LogP contribution in [-0.2, 0) is 24.3 Å². The van der Waals surface area contributed by atoms with Gasteiger partial charge in [-0.3, -0.25) is 14.3 Å². The maximum atomic E-state index is 13.0. The Hall–Kier alpha value is -2.99. The summed E-state index contributed by atoms with van der Waals surface area (Å²) in [6, 6.07) is 16.3. The summed E-state index contributed by atoms with van der Waals surface area (Å²) < 4.78 is 20.3. The Balaban J connectivity index is 1.66. The van der Waals surface area contributed by atoms with Crippen molar-refractivity contribution < 1.29 is 9.13 Å². The van der Waals surface area contributed by atoms with Crippen LogP contribution in [0.3, 0.4) is 0 Å². The Bertz CT molecular complexity index is 1090. The summed E-state index contributed by atoms with van der Waals surface area (Å²) >= 11 is 0. The molecule has 6 heteroatoms. The average molecular weight is 425 g/mol. The van der Waals surface area contributed by atoms with Gasteiger partial charge < -0.3 is 4.74 Å². The molecule has 3 rings (SSSR count). The molecule has 0 fully saturated rings. The highest BCUT2D eigenvalue weighted by Gasteiger charge is 2.18. The van der Waals surface area contributed by atoms with Gasteiger partial charge in [-0.05, 0) is 48.4 Å². The van der Waals surface area contributed by atoms with Crippen LogP contribution in [0.25, 0.3) is 0 Å². The van der Waals surface area contributed by atoms with Crippen molar-refractivity contribution in [3.05, 3.63) is 104 Å². The van der Waals surface area contributed by atoms with E-state index in [-0.39, 0.29) is 24.0 Å². The van der Waals surface area contributed by atoms with Crippen LogP contribution in [0.1, 0.15) is 55.0 Å². The smallest absolute Gasteiger partial charge is 0.330 e. The molecule has 0 spiro atoms. The van der Waals surface area contributed by atoms with Crippen LogP contribution in [-0.4, -0.2) is 16.2 Å². The molecule has 0 amide bonds. The fourth-order valence-electron chi connectivity index (χ4n) is 3.68. The molecule has 1 N–H and O–H groups in total. The number of hydrogen-bond donors (Lipinski definition) is 1. The zero-order valence-electron chi connectivity index (χ0n) is 18.1. The zero-order valence-corrected chi connectivity index (χ0v) is 18.1. The highest BCUT2D eigenvalue weighted by molar-refractivity contribution is 5.28. The number of aryl methyl sites for hydroxylation is 1. The maximum absolute atomic E-state index is 13.0. The Morgan fingerprint density at radius 2 is 1.68 bits per heavy atom. The van der Waals surface area contributed by atoms with Gasteiger partial charge in [-0.1, -0.05) is 56.3 Å². The number of unbranched alkanes of at least 4 members (excludes halogenated alkanes) is 1. The van der Waals surface area contributed by atoms with Gasteiger partial charge in [-0.15, -0.1) is 0 Å². The lowest BCUT2D eigenvalue weighted by atomic mass is 9.98. The number of aromatic nitrogens is 2. The van der Waals surface area contributed by atoms with Gasteiger partial charge in [0.1, 0.15) is 12.5 Å². The van der Waals surface area contributed by atoms with Crippen LogP contribution in [0.5, 0.6) is 0 Å². The summed E-state index contributed by atoms with van der Waals surface area (Å²) in [6.45, 7) is 4.48. The van der Waals surface area contributed by atoms with E-state index in [0.29, 0.717) is 24.3 Å². The Morgan fingerprint density at radius 3 is 2.35 bits per heavy atom. The van der Waals surface area contributed by atoms with E-state index >= 15 is 0 Å². The largest absolute Gasteiger partial charge is 0.361 e. The minimum Gasteiger partial charge on any atom is -0.361 e. The number of rotatable bonds is 10. The normalized spacial score (nSPS) is 11.2. The molecular formula is C25H29FN2O3. The molecule has 0 aliphatic carbocycles. The summed E-state index contributed by atoms with van der Waals surface area (Å²) in [4.78, 5) is 27.5. The first-order valence-corrected chi connectivity index (χ1v) is 10.7. The second-order valence-electron chi connectivity index (χ2n) is 7.99. The van der Waals surface area contributed by atoms with Crippen LogP contribution in [0.15, 0.2) is 64.2 Å². The van der Waals surface area contributed by atoms with Gasteiger partial charge in [-0.25, -0.2) is 9.18 Å². The van der Waals surface area contributed by atoms with Gasteiger partial charge in [0.15, 0.2) is 0 Å². The summed E-state index contributed by atoms with van der Waals surface area (Å²) in [6.07, 6.45) is 3.06. The highest BCUT2D eigenvalue weighted by atomic mass is 19.1. The van der Waals surface area contributed by atoms with Crippen LogP contribution in [0.4, 0.5) is 4.39 Å². The molecule has 1 aromatic heterocycles. The quantitative estimate of drug-likeness (QED) is 0.491. The van der Waals surface area contributed by atoms with E-state index in [1.807, 2.05) is 44.2 Å². The SMILES string of the molecule is CC(C)c1c(Cc2ccccc2)n(COCCCCc2ccc(F)cc2)c(=O)[nH]c1=O. The molecule has 2 aromatic carbocycles. The van der Waals surface area contributed by atoms with E-state index in [2.05, 4.69) is 4.98 Å². The van der Waals surface area contributed by atoms with Crippen molar-refractivity contribution in [2.45, 2.75) is 52.2 Å². The van der Waals surface area contributed by atoms with Crippen LogP contribution in [0, 0.1) is 5.82 Å². The predicted octanol–water partition coefficient (Wildman–Crippen LogP) is 4.39. The van der Waals surface area contributed by atoms with E-state index in [1.54, 1.807) is 12.1 Å².